The summed E-state index contributed by atoms with van der Waals surface area (Å²) in [6.45, 7) is 2.12. The van der Waals surface area contributed by atoms with Gasteiger partial charge in [-0.3, -0.25) is 9.78 Å². The summed E-state index contributed by atoms with van der Waals surface area (Å²) in [6.07, 6.45) is 8.29. The molecule has 2 aliphatic rings. The summed E-state index contributed by atoms with van der Waals surface area (Å²) >= 11 is 0. The van der Waals surface area contributed by atoms with Crippen molar-refractivity contribution < 1.29 is 9.90 Å². The molecule has 2 fully saturated rings. The molecular formula is C15H19NO2. The molecule has 3 heteroatoms. The third kappa shape index (κ3) is 1.25. The molecule has 1 aromatic heterocycles. The van der Waals surface area contributed by atoms with Crippen LogP contribution in [-0.2, 0) is 10.2 Å². The average molecular weight is 245 g/mol. The van der Waals surface area contributed by atoms with E-state index in [2.05, 4.69) is 18.0 Å². The van der Waals surface area contributed by atoms with Crippen LogP contribution < -0.4 is 0 Å². The topological polar surface area (TPSA) is 50.2 Å². The molecule has 2 saturated carbocycles. The maximum absolute atomic E-state index is 11.9. The lowest BCUT2D eigenvalue weighted by Crippen LogP contribution is -2.47. The highest BCUT2D eigenvalue weighted by Gasteiger charge is 2.65. The van der Waals surface area contributed by atoms with E-state index in [-0.39, 0.29) is 5.41 Å². The highest BCUT2D eigenvalue weighted by molar-refractivity contribution is 5.78. The van der Waals surface area contributed by atoms with Crippen molar-refractivity contribution in [1.29, 1.82) is 0 Å². The molecule has 0 aromatic carbocycles. The van der Waals surface area contributed by atoms with E-state index in [1.165, 1.54) is 0 Å². The molecule has 1 heterocycles. The van der Waals surface area contributed by atoms with Crippen molar-refractivity contribution in [2.45, 2.75) is 44.4 Å². The first kappa shape index (κ1) is 11.7. The first-order valence-electron chi connectivity index (χ1n) is 6.78. The van der Waals surface area contributed by atoms with Crippen LogP contribution in [0.15, 0.2) is 24.5 Å². The molecule has 18 heavy (non-hydrogen) atoms. The Morgan fingerprint density at radius 3 is 2.94 bits per heavy atom. The van der Waals surface area contributed by atoms with Crippen LogP contribution in [0.3, 0.4) is 0 Å². The first-order valence-corrected chi connectivity index (χ1v) is 6.78. The number of aliphatic carboxylic acids is 1. The monoisotopic (exact) mass is 245 g/mol. The van der Waals surface area contributed by atoms with Gasteiger partial charge in [-0.25, -0.2) is 0 Å². The van der Waals surface area contributed by atoms with Gasteiger partial charge in [-0.05, 0) is 49.7 Å². The minimum absolute atomic E-state index is 0.198. The van der Waals surface area contributed by atoms with E-state index in [4.69, 9.17) is 0 Å². The third-order valence-corrected chi connectivity index (χ3v) is 5.40. The molecule has 3 unspecified atom stereocenters. The lowest BCUT2D eigenvalue weighted by atomic mass is 9.58. The molecule has 3 atom stereocenters. The number of nitrogens with zero attached hydrogens (tertiary/aromatic N) is 1. The van der Waals surface area contributed by atoms with Crippen LogP contribution in [0, 0.1) is 11.3 Å². The third-order valence-electron chi connectivity index (χ3n) is 5.40. The van der Waals surface area contributed by atoms with Crippen LogP contribution in [0.1, 0.15) is 44.6 Å². The van der Waals surface area contributed by atoms with Crippen molar-refractivity contribution >= 4 is 5.97 Å². The van der Waals surface area contributed by atoms with Crippen molar-refractivity contribution in [2.75, 3.05) is 0 Å². The number of carbonyl (C=O) groups is 1. The Hall–Kier alpha value is -1.38. The summed E-state index contributed by atoms with van der Waals surface area (Å²) in [7, 11) is 0. The summed E-state index contributed by atoms with van der Waals surface area (Å²) < 4.78 is 0. The Bertz CT molecular complexity index is 473. The van der Waals surface area contributed by atoms with E-state index >= 15 is 0 Å². The number of carboxylic acids is 1. The molecule has 0 aliphatic heterocycles. The Morgan fingerprint density at radius 1 is 1.56 bits per heavy atom. The van der Waals surface area contributed by atoms with Crippen molar-refractivity contribution in [1.82, 2.24) is 4.98 Å². The number of carboxylic acid groups (broad SMARTS) is 1. The van der Waals surface area contributed by atoms with E-state index in [0.29, 0.717) is 5.92 Å². The number of fused-ring (bicyclic) bond motifs is 2. The Morgan fingerprint density at radius 2 is 2.39 bits per heavy atom. The molecule has 96 valence electrons. The first-order chi connectivity index (χ1) is 8.64. The van der Waals surface area contributed by atoms with Crippen molar-refractivity contribution in [2.24, 2.45) is 11.3 Å². The normalized spacial score (nSPS) is 37.9. The minimum Gasteiger partial charge on any atom is -0.481 e. The molecule has 1 N–H and O–H groups in total. The van der Waals surface area contributed by atoms with Gasteiger partial charge in [0, 0.05) is 17.8 Å². The van der Waals surface area contributed by atoms with Gasteiger partial charge in [0.25, 0.3) is 0 Å². The summed E-state index contributed by atoms with van der Waals surface area (Å²) in [6, 6.07) is 3.98. The van der Waals surface area contributed by atoms with E-state index in [1.54, 1.807) is 6.20 Å². The van der Waals surface area contributed by atoms with Gasteiger partial charge in [0.15, 0.2) is 0 Å². The van der Waals surface area contributed by atoms with Gasteiger partial charge < -0.3 is 5.11 Å². The maximum atomic E-state index is 11.9. The SMILES string of the molecule is CCC1(c2cccnc2)CC2CCC1(C(=O)O)C2. The zero-order valence-corrected chi connectivity index (χ0v) is 10.7. The fraction of sp³-hybridized carbons (Fsp3) is 0.600. The fourth-order valence-corrected chi connectivity index (χ4v) is 4.57. The molecule has 0 radical (unpaired) electrons. The second-order valence-corrected chi connectivity index (χ2v) is 5.88. The van der Waals surface area contributed by atoms with Crippen molar-refractivity contribution in [3.05, 3.63) is 30.1 Å². The van der Waals surface area contributed by atoms with Crippen molar-refractivity contribution in [3.8, 4) is 0 Å². The second kappa shape index (κ2) is 3.81. The fourth-order valence-electron chi connectivity index (χ4n) is 4.57. The zero-order chi connectivity index (χ0) is 12.8. The molecule has 0 amide bonds. The molecule has 3 rings (SSSR count). The van der Waals surface area contributed by atoms with Gasteiger partial charge in [0.05, 0.1) is 5.41 Å². The summed E-state index contributed by atoms with van der Waals surface area (Å²) in [5, 5.41) is 9.80. The van der Waals surface area contributed by atoms with E-state index in [9.17, 15) is 9.90 Å². The number of hydrogen-bond donors (Lipinski definition) is 1. The van der Waals surface area contributed by atoms with E-state index in [0.717, 1.165) is 37.7 Å². The van der Waals surface area contributed by atoms with Gasteiger partial charge in [-0.2, -0.15) is 0 Å². The van der Waals surface area contributed by atoms with Gasteiger partial charge in [-0.15, -0.1) is 0 Å². The lowest BCUT2D eigenvalue weighted by Gasteiger charge is -2.44. The second-order valence-electron chi connectivity index (χ2n) is 5.88. The van der Waals surface area contributed by atoms with Crippen LogP contribution in [0.5, 0.6) is 0 Å². The van der Waals surface area contributed by atoms with Crippen molar-refractivity contribution in [3.63, 3.8) is 0 Å². The van der Waals surface area contributed by atoms with Gasteiger partial charge in [-0.1, -0.05) is 13.0 Å². The largest absolute Gasteiger partial charge is 0.481 e. The average Bonchev–Trinajstić information content (AvgIpc) is 2.97. The Labute approximate surface area is 107 Å². The standard InChI is InChI=1S/C15H19NO2/c1-2-14(12-4-3-7-16-10-12)8-11-5-6-15(14,9-11)13(17)18/h3-4,7,10-11H,2,5-6,8-9H2,1H3,(H,17,18). The Kier molecular flexibility index (Phi) is 2.47. The van der Waals surface area contributed by atoms with Gasteiger partial charge in [0.1, 0.15) is 0 Å². The zero-order valence-electron chi connectivity index (χ0n) is 10.7. The maximum Gasteiger partial charge on any atom is 0.310 e. The molecule has 3 nitrogen and oxygen atoms in total. The minimum atomic E-state index is -0.604. The highest BCUT2D eigenvalue weighted by atomic mass is 16.4. The van der Waals surface area contributed by atoms with Gasteiger partial charge >= 0.3 is 5.97 Å². The highest BCUT2D eigenvalue weighted by Crippen LogP contribution is 2.66. The number of aromatic nitrogens is 1. The summed E-state index contributed by atoms with van der Waals surface area (Å²) in [5.41, 5.74) is 0.378. The van der Waals surface area contributed by atoms with Crippen LogP contribution in [0.25, 0.3) is 0 Å². The van der Waals surface area contributed by atoms with Crippen LogP contribution in [-0.4, -0.2) is 16.1 Å². The predicted molar refractivity (Wildman–Crippen MR) is 68.2 cm³/mol. The molecular weight excluding hydrogens is 226 g/mol. The molecule has 0 spiro atoms. The van der Waals surface area contributed by atoms with E-state index < -0.39 is 11.4 Å². The Balaban J connectivity index is 2.15. The van der Waals surface area contributed by atoms with Crippen LogP contribution in [0.2, 0.25) is 0 Å². The molecule has 2 bridgehead atoms. The predicted octanol–water partition coefficient (Wildman–Crippen LogP) is 3.00. The number of rotatable bonds is 3. The molecule has 0 saturated heterocycles. The summed E-state index contributed by atoms with van der Waals surface area (Å²) in [4.78, 5) is 16.1. The van der Waals surface area contributed by atoms with Crippen LogP contribution in [0.4, 0.5) is 0 Å². The van der Waals surface area contributed by atoms with E-state index in [1.807, 2.05) is 12.3 Å². The summed E-state index contributed by atoms with van der Waals surface area (Å²) in [5.74, 6) is -0.0190. The number of hydrogen-bond acceptors (Lipinski definition) is 2. The number of pyridine rings is 1. The quantitative estimate of drug-likeness (QED) is 0.890. The smallest absolute Gasteiger partial charge is 0.310 e. The lowest BCUT2D eigenvalue weighted by molar-refractivity contribution is -0.153. The molecule has 2 aliphatic carbocycles. The van der Waals surface area contributed by atoms with Gasteiger partial charge in [0.2, 0.25) is 0 Å². The van der Waals surface area contributed by atoms with Crippen LogP contribution >= 0.6 is 0 Å². The molecule has 1 aromatic rings.